The molecule has 0 spiro atoms. The van der Waals surface area contributed by atoms with Crippen molar-refractivity contribution in [3.63, 3.8) is 0 Å². The van der Waals surface area contributed by atoms with Gasteiger partial charge in [0.25, 0.3) is 0 Å². The van der Waals surface area contributed by atoms with Gasteiger partial charge in [-0.15, -0.1) is 0 Å². The summed E-state index contributed by atoms with van der Waals surface area (Å²) in [5.74, 6) is -0.0231. The average molecular weight is 548 g/mol. The van der Waals surface area contributed by atoms with Crippen molar-refractivity contribution in [2.75, 3.05) is 32.0 Å². The molecule has 2 aromatic rings. The summed E-state index contributed by atoms with van der Waals surface area (Å²) in [5.41, 5.74) is 7.07. The number of amides is 1. The highest BCUT2D eigenvalue weighted by molar-refractivity contribution is 7.89. The van der Waals surface area contributed by atoms with Gasteiger partial charge in [-0.1, -0.05) is 44.2 Å². The van der Waals surface area contributed by atoms with Crippen molar-refractivity contribution >= 4 is 21.8 Å². The maximum absolute atomic E-state index is 13.5. The summed E-state index contributed by atoms with van der Waals surface area (Å²) in [6, 6.07) is 14.5. The first-order chi connectivity index (χ1) is 18.1. The maximum atomic E-state index is 13.5. The van der Waals surface area contributed by atoms with Gasteiger partial charge in [0, 0.05) is 18.8 Å². The third-order valence-corrected chi connectivity index (χ3v) is 8.63. The second kappa shape index (κ2) is 12.4. The summed E-state index contributed by atoms with van der Waals surface area (Å²) in [7, 11) is -3.93. The molecular weight excluding hydrogens is 510 g/mol. The highest BCUT2D eigenvalue weighted by Crippen LogP contribution is 2.33. The molecule has 1 unspecified atom stereocenters. The molecule has 2 aliphatic heterocycles. The minimum Gasteiger partial charge on any atom is -0.443 e. The van der Waals surface area contributed by atoms with Gasteiger partial charge in [-0.3, -0.25) is 0 Å². The zero-order valence-corrected chi connectivity index (χ0v) is 22.5. The van der Waals surface area contributed by atoms with Crippen molar-refractivity contribution in [2.45, 2.75) is 56.1 Å². The van der Waals surface area contributed by atoms with E-state index in [0.29, 0.717) is 12.3 Å². The number of ether oxygens (including phenoxy) is 3. The fourth-order valence-electron chi connectivity index (χ4n) is 4.82. The molecule has 2 aliphatic rings. The molecule has 4 N–H and O–H groups in total. The average Bonchev–Trinajstić information content (AvgIpc) is 3.49. The molecule has 0 radical (unpaired) electrons. The van der Waals surface area contributed by atoms with Gasteiger partial charge in [0.1, 0.15) is 6.10 Å². The molecule has 5 atom stereocenters. The lowest BCUT2D eigenvalue weighted by Crippen LogP contribution is -2.51. The summed E-state index contributed by atoms with van der Waals surface area (Å²) >= 11 is 0. The highest BCUT2D eigenvalue weighted by Gasteiger charge is 2.44. The van der Waals surface area contributed by atoms with Crippen molar-refractivity contribution in [1.82, 2.24) is 9.62 Å². The summed E-state index contributed by atoms with van der Waals surface area (Å²) in [6.07, 6.45) is -1.69. The number of carbonyl (C=O) groups excluding carboxylic acids is 1. The van der Waals surface area contributed by atoms with Crippen LogP contribution in [0, 0.1) is 11.8 Å². The van der Waals surface area contributed by atoms with Gasteiger partial charge in [-0.2, -0.15) is 4.31 Å². The molecule has 2 fully saturated rings. The topological polar surface area (TPSA) is 140 Å². The van der Waals surface area contributed by atoms with Crippen molar-refractivity contribution in [2.24, 2.45) is 11.8 Å². The van der Waals surface area contributed by atoms with Crippen LogP contribution in [0.5, 0.6) is 0 Å². The summed E-state index contributed by atoms with van der Waals surface area (Å²) in [6.45, 7) is 4.58. The van der Waals surface area contributed by atoms with Crippen LogP contribution in [-0.2, 0) is 30.7 Å². The number of nitrogens with one attached hydrogen (secondary N) is 1. The van der Waals surface area contributed by atoms with Crippen molar-refractivity contribution in [3.8, 4) is 0 Å². The monoisotopic (exact) mass is 547 g/mol. The van der Waals surface area contributed by atoms with Crippen LogP contribution in [0.1, 0.15) is 25.8 Å². The molecule has 0 aliphatic carbocycles. The van der Waals surface area contributed by atoms with Crippen LogP contribution in [0.25, 0.3) is 0 Å². The molecule has 2 heterocycles. The first-order valence-electron chi connectivity index (χ1n) is 12.9. The molecule has 0 aromatic heterocycles. The van der Waals surface area contributed by atoms with E-state index >= 15 is 0 Å². The van der Waals surface area contributed by atoms with Crippen LogP contribution in [0.2, 0.25) is 0 Å². The molecular formula is C27H37N3O7S. The number of nitrogens with two attached hydrogens (primary N) is 1. The number of benzene rings is 2. The molecule has 38 heavy (non-hydrogen) atoms. The van der Waals surface area contributed by atoms with E-state index in [9.17, 15) is 18.3 Å². The number of rotatable bonds is 11. The summed E-state index contributed by atoms with van der Waals surface area (Å²) in [4.78, 5) is 13.0. The van der Waals surface area contributed by atoms with Gasteiger partial charge in [0.05, 0.1) is 36.2 Å². The van der Waals surface area contributed by atoms with Gasteiger partial charge >= 0.3 is 6.09 Å². The zero-order chi connectivity index (χ0) is 27.3. The Balaban J connectivity index is 1.51. The Morgan fingerprint density at radius 2 is 1.84 bits per heavy atom. The second-order valence-electron chi connectivity index (χ2n) is 10.3. The van der Waals surface area contributed by atoms with Crippen LogP contribution in [-0.4, -0.2) is 74.8 Å². The largest absolute Gasteiger partial charge is 0.443 e. The number of alkyl carbamates (subject to hydrolysis) is 1. The van der Waals surface area contributed by atoms with Gasteiger partial charge in [-0.25, -0.2) is 13.2 Å². The molecule has 4 rings (SSSR count). The second-order valence-corrected chi connectivity index (χ2v) is 12.2. The Morgan fingerprint density at radius 3 is 2.53 bits per heavy atom. The number of sulfonamides is 1. The van der Waals surface area contributed by atoms with Gasteiger partial charge in [-0.05, 0) is 48.6 Å². The Hall–Kier alpha value is -2.70. The standard InChI is InChI=1S/C27H37N3O7S/c1-18(2)15-30(38(33,34)21-10-8-20(28)9-11-21)16-24(31)23(14-19-6-4-3-5-7-19)29-27(32)37-25-17-36-26-22(25)12-13-35-26/h3-11,18,22-26,31H,12-17,28H2,1-2H3,(H,29,32)/t22?,23-,24+,25+,26-/m0/s1. The lowest BCUT2D eigenvalue weighted by molar-refractivity contribution is -0.0907. The van der Waals surface area contributed by atoms with E-state index in [1.807, 2.05) is 44.2 Å². The van der Waals surface area contributed by atoms with Gasteiger partial charge in [0.2, 0.25) is 10.0 Å². The highest BCUT2D eigenvalue weighted by atomic mass is 32.2. The number of fused-ring (bicyclic) bond motifs is 1. The fraction of sp³-hybridized carbons (Fsp3) is 0.519. The van der Waals surface area contributed by atoms with Gasteiger partial charge < -0.3 is 30.4 Å². The normalized spacial score (nSPS) is 22.8. The van der Waals surface area contributed by atoms with E-state index in [-0.39, 0.29) is 49.1 Å². The third kappa shape index (κ3) is 7.03. The van der Waals surface area contributed by atoms with E-state index in [1.54, 1.807) is 0 Å². The smallest absolute Gasteiger partial charge is 0.407 e. The number of anilines is 1. The predicted molar refractivity (Wildman–Crippen MR) is 142 cm³/mol. The SMILES string of the molecule is CC(C)CN(C[C@@H](O)[C@H](Cc1ccccc1)NC(=O)O[C@@H]1CO[C@@H]2OCCC21)S(=O)(=O)c1ccc(N)cc1. The number of nitrogen functional groups attached to an aromatic ring is 1. The molecule has 1 amide bonds. The molecule has 208 valence electrons. The number of hydrogen-bond acceptors (Lipinski definition) is 8. The lowest BCUT2D eigenvalue weighted by atomic mass is 10.0. The Bertz CT molecular complexity index is 1160. The van der Waals surface area contributed by atoms with E-state index in [4.69, 9.17) is 19.9 Å². The quantitative estimate of drug-likeness (QED) is 0.364. The minimum absolute atomic E-state index is 0.000183. The molecule has 0 bridgehead atoms. The summed E-state index contributed by atoms with van der Waals surface area (Å²) in [5, 5.41) is 14.1. The maximum Gasteiger partial charge on any atom is 0.407 e. The van der Waals surface area contributed by atoms with Crippen LogP contribution in [0.4, 0.5) is 10.5 Å². The van der Waals surface area contributed by atoms with Crippen LogP contribution in [0.15, 0.2) is 59.5 Å². The number of hydrogen-bond donors (Lipinski definition) is 3. The van der Waals surface area contributed by atoms with E-state index in [0.717, 1.165) is 12.0 Å². The van der Waals surface area contributed by atoms with Crippen molar-refractivity contribution < 1.29 is 32.5 Å². The van der Waals surface area contributed by atoms with Crippen LogP contribution in [0.3, 0.4) is 0 Å². The fourth-order valence-corrected chi connectivity index (χ4v) is 6.45. The zero-order valence-electron chi connectivity index (χ0n) is 21.7. The Morgan fingerprint density at radius 1 is 1.13 bits per heavy atom. The Kier molecular flexibility index (Phi) is 9.27. The van der Waals surface area contributed by atoms with E-state index < -0.39 is 34.4 Å². The molecule has 0 saturated carbocycles. The van der Waals surface area contributed by atoms with E-state index in [2.05, 4.69) is 5.32 Å². The van der Waals surface area contributed by atoms with Crippen molar-refractivity contribution in [1.29, 1.82) is 0 Å². The first kappa shape index (κ1) is 28.3. The molecule has 2 saturated heterocycles. The predicted octanol–water partition coefficient (Wildman–Crippen LogP) is 2.38. The number of aliphatic hydroxyl groups excluding tert-OH is 1. The molecule has 2 aromatic carbocycles. The number of nitrogens with zero attached hydrogens (tertiary/aromatic N) is 1. The van der Waals surface area contributed by atoms with Gasteiger partial charge in [0.15, 0.2) is 6.29 Å². The minimum atomic E-state index is -3.93. The summed E-state index contributed by atoms with van der Waals surface area (Å²) < 4.78 is 44.9. The van der Waals surface area contributed by atoms with Crippen LogP contribution >= 0.6 is 0 Å². The first-order valence-corrected chi connectivity index (χ1v) is 14.4. The Labute approximate surface area is 224 Å². The number of carbonyl (C=O) groups is 1. The lowest BCUT2D eigenvalue weighted by Gasteiger charge is -2.31. The van der Waals surface area contributed by atoms with Crippen molar-refractivity contribution in [3.05, 3.63) is 60.2 Å². The number of aliphatic hydroxyl groups is 1. The molecule has 11 heteroatoms. The van der Waals surface area contributed by atoms with E-state index in [1.165, 1.54) is 28.6 Å². The third-order valence-electron chi connectivity index (χ3n) is 6.79. The van der Waals surface area contributed by atoms with Crippen LogP contribution < -0.4 is 11.1 Å². The molecule has 10 nitrogen and oxygen atoms in total.